The van der Waals surface area contributed by atoms with E-state index in [1.54, 1.807) is 17.1 Å². The number of benzene rings is 2. The quantitative estimate of drug-likeness (QED) is 0.551. The van der Waals surface area contributed by atoms with Gasteiger partial charge in [0.2, 0.25) is 0 Å². The van der Waals surface area contributed by atoms with Gasteiger partial charge in [0.05, 0.1) is 29.7 Å². The number of amides is 1. The maximum atomic E-state index is 12.6. The number of para-hydroxylation sites is 1. The highest BCUT2D eigenvalue weighted by molar-refractivity contribution is 5.93. The summed E-state index contributed by atoms with van der Waals surface area (Å²) in [6, 6.07) is 19.9. The maximum Gasteiger partial charge on any atom is 0.254 e. The van der Waals surface area contributed by atoms with Gasteiger partial charge in [0, 0.05) is 24.0 Å². The van der Waals surface area contributed by atoms with E-state index in [0.29, 0.717) is 18.7 Å². The summed E-state index contributed by atoms with van der Waals surface area (Å²) in [4.78, 5) is 12.6. The predicted molar refractivity (Wildman–Crippen MR) is 112 cm³/mol. The minimum atomic E-state index is -0.151. The molecule has 0 radical (unpaired) electrons. The summed E-state index contributed by atoms with van der Waals surface area (Å²) >= 11 is 0. The van der Waals surface area contributed by atoms with Gasteiger partial charge < -0.3 is 5.32 Å². The number of hydrogen-bond donors (Lipinski definition) is 1. The normalized spacial score (nSPS) is 10.8. The van der Waals surface area contributed by atoms with E-state index in [1.165, 1.54) is 5.56 Å². The average Bonchev–Trinajstić information content (AvgIpc) is 3.34. The van der Waals surface area contributed by atoms with Crippen molar-refractivity contribution < 1.29 is 4.79 Å². The molecule has 1 amide bonds. The Bertz CT molecular complexity index is 1110. The third-order valence-electron chi connectivity index (χ3n) is 5.00. The molecule has 2 aromatic heterocycles. The molecule has 4 aromatic rings. The molecule has 2 aromatic carbocycles. The monoisotopic (exact) mass is 385 g/mol. The van der Waals surface area contributed by atoms with Crippen LogP contribution in [0.25, 0.3) is 5.69 Å². The van der Waals surface area contributed by atoms with Crippen LogP contribution in [0.3, 0.4) is 0 Å². The number of aromatic nitrogens is 4. The Hall–Kier alpha value is -3.67. The lowest BCUT2D eigenvalue weighted by Gasteiger charge is -2.07. The molecular formula is C23H23N5O. The zero-order valence-electron chi connectivity index (χ0n) is 16.5. The number of hydrogen-bond acceptors (Lipinski definition) is 3. The standard InChI is InChI=1S/C23H23N5O/c1-17-22(18(2)27(26-17)15-19-9-5-3-6-10-19)14-24-23(29)20-13-25-28(16-20)21-11-7-4-8-12-21/h3-13,16H,14-15H2,1-2H3,(H,24,29). The highest BCUT2D eigenvalue weighted by Gasteiger charge is 2.14. The van der Waals surface area contributed by atoms with Crippen LogP contribution < -0.4 is 5.32 Å². The molecule has 1 N–H and O–H groups in total. The number of nitrogens with one attached hydrogen (secondary N) is 1. The number of carbonyl (C=O) groups excluding carboxylic acids is 1. The summed E-state index contributed by atoms with van der Waals surface area (Å²) in [5.41, 5.74) is 5.68. The Morgan fingerprint density at radius 1 is 1.00 bits per heavy atom. The summed E-state index contributed by atoms with van der Waals surface area (Å²) in [6.07, 6.45) is 3.32. The first kappa shape index (κ1) is 18.7. The third kappa shape index (κ3) is 4.11. The number of carbonyl (C=O) groups is 1. The Kier molecular flexibility index (Phi) is 5.24. The molecule has 0 fully saturated rings. The molecule has 4 rings (SSSR count). The summed E-state index contributed by atoms with van der Waals surface area (Å²) < 4.78 is 3.68. The van der Waals surface area contributed by atoms with E-state index in [2.05, 4.69) is 27.6 Å². The lowest BCUT2D eigenvalue weighted by molar-refractivity contribution is 0.0951. The van der Waals surface area contributed by atoms with Crippen LogP contribution >= 0.6 is 0 Å². The fraction of sp³-hybridized carbons (Fsp3) is 0.174. The van der Waals surface area contributed by atoms with Crippen LogP contribution in [0.1, 0.15) is 32.9 Å². The van der Waals surface area contributed by atoms with E-state index < -0.39 is 0 Å². The van der Waals surface area contributed by atoms with Gasteiger partial charge in [-0.15, -0.1) is 0 Å². The van der Waals surface area contributed by atoms with Crippen LogP contribution in [-0.2, 0) is 13.1 Å². The molecule has 0 spiro atoms. The van der Waals surface area contributed by atoms with Crippen molar-refractivity contribution in [1.29, 1.82) is 0 Å². The molecule has 0 aliphatic rings. The molecule has 0 aliphatic carbocycles. The highest BCUT2D eigenvalue weighted by atomic mass is 16.1. The van der Waals surface area contributed by atoms with Crippen molar-refractivity contribution in [1.82, 2.24) is 24.9 Å². The Labute approximate surface area is 169 Å². The van der Waals surface area contributed by atoms with Crippen LogP contribution in [0.5, 0.6) is 0 Å². The van der Waals surface area contributed by atoms with E-state index in [-0.39, 0.29) is 5.91 Å². The summed E-state index contributed by atoms with van der Waals surface area (Å²) in [6.45, 7) is 5.16. The Morgan fingerprint density at radius 3 is 2.41 bits per heavy atom. The van der Waals surface area contributed by atoms with Gasteiger partial charge in [-0.05, 0) is 31.5 Å². The second-order valence-electron chi connectivity index (χ2n) is 6.98. The van der Waals surface area contributed by atoms with Gasteiger partial charge in [0.1, 0.15) is 0 Å². The zero-order chi connectivity index (χ0) is 20.2. The fourth-order valence-corrected chi connectivity index (χ4v) is 3.33. The maximum absolute atomic E-state index is 12.6. The molecule has 0 saturated heterocycles. The van der Waals surface area contributed by atoms with Gasteiger partial charge in [-0.1, -0.05) is 48.5 Å². The van der Waals surface area contributed by atoms with Crippen molar-refractivity contribution in [3.05, 3.63) is 101 Å². The first-order valence-corrected chi connectivity index (χ1v) is 9.57. The van der Waals surface area contributed by atoms with Gasteiger partial charge in [0.15, 0.2) is 0 Å². The zero-order valence-corrected chi connectivity index (χ0v) is 16.5. The molecule has 0 saturated carbocycles. The Balaban J connectivity index is 1.44. The van der Waals surface area contributed by atoms with Crippen molar-refractivity contribution >= 4 is 5.91 Å². The van der Waals surface area contributed by atoms with Crippen molar-refractivity contribution in [2.75, 3.05) is 0 Å². The van der Waals surface area contributed by atoms with Crippen LogP contribution in [-0.4, -0.2) is 25.5 Å². The van der Waals surface area contributed by atoms with Crippen LogP contribution in [0, 0.1) is 13.8 Å². The SMILES string of the molecule is Cc1nn(Cc2ccccc2)c(C)c1CNC(=O)c1cnn(-c2ccccc2)c1. The minimum Gasteiger partial charge on any atom is -0.348 e. The molecule has 2 heterocycles. The van der Waals surface area contributed by atoms with E-state index in [4.69, 9.17) is 0 Å². The average molecular weight is 385 g/mol. The topological polar surface area (TPSA) is 64.7 Å². The van der Waals surface area contributed by atoms with Gasteiger partial charge >= 0.3 is 0 Å². The third-order valence-corrected chi connectivity index (χ3v) is 5.00. The van der Waals surface area contributed by atoms with E-state index >= 15 is 0 Å². The van der Waals surface area contributed by atoms with E-state index in [0.717, 1.165) is 22.6 Å². The van der Waals surface area contributed by atoms with Gasteiger partial charge in [0.25, 0.3) is 5.91 Å². The minimum absolute atomic E-state index is 0.151. The second kappa shape index (κ2) is 8.14. The second-order valence-corrected chi connectivity index (χ2v) is 6.98. The van der Waals surface area contributed by atoms with Crippen molar-refractivity contribution in [3.8, 4) is 5.69 Å². The summed E-state index contributed by atoms with van der Waals surface area (Å²) in [7, 11) is 0. The molecule has 0 unspecified atom stereocenters. The molecule has 0 aliphatic heterocycles. The molecule has 6 nitrogen and oxygen atoms in total. The molecule has 146 valence electrons. The van der Waals surface area contributed by atoms with Gasteiger partial charge in [-0.2, -0.15) is 10.2 Å². The molecular weight excluding hydrogens is 362 g/mol. The summed E-state index contributed by atoms with van der Waals surface area (Å²) in [5, 5.41) is 11.9. The molecule has 6 heteroatoms. The van der Waals surface area contributed by atoms with E-state index in [9.17, 15) is 4.79 Å². The summed E-state index contributed by atoms with van der Waals surface area (Å²) in [5.74, 6) is -0.151. The smallest absolute Gasteiger partial charge is 0.254 e. The van der Waals surface area contributed by atoms with Crippen LogP contribution in [0.4, 0.5) is 0 Å². The van der Waals surface area contributed by atoms with Crippen LogP contribution in [0.15, 0.2) is 73.1 Å². The van der Waals surface area contributed by atoms with E-state index in [1.807, 2.05) is 67.1 Å². The number of nitrogens with zero attached hydrogens (tertiary/aromatic N) is 4. The molecule has 0 atom stereocenters. The van der Waals surface area contributed by atoms with Crippen LogP contribution in [0.2, 0.25) is 0 Å². The molecule has 29 heavy (non-hydrogen) atoms. The van der Waals surface area contributed by atoms with Gasteiger partial charge in [-0.25, -0.2) is 4.68 Å². The Morgan fingerprint density at radius 2 is 1.69 bits per heavy atom. The first-order chi connectivity index (χ1) is 14.1. The van der Waals surface area contributed by atoms with Gasteiger partial charge in [-0.3, -0.25) is 9.48 Å². The predicted octanol–water partition coefficient (Wildman–Crippen LogP) is 3.66. The first-order valence-electron chi connectivity index (χ1n) is 9.57. The fourth-order valence-electron chi connectivity index (χ4n) is 3.33. The van der Waals surface area contributed by atoms with Crippen molar-refractivity contribution in [3.63, 3.8) is 0 Å². The lowest BCUT2D eigenvalue weighted by Crippen LogP contribution is -2.23. The highest BCUT2D eigenvalue weighted by Crippen LogP contribution is 2.15. The van der Waals surface area contributed by atoms with Crippen molar-refractivity contribution in [2.45, 2.75) is 26.9 Å². The number of rotatable bonds is 6. The van der Waals surface area contributed by atoms with Crippen molar-refractivity contribution in [2.24, 2.45) is 0 Å². The number of aryl methyl sites for hydroxylation is 1. The lowest BCUT2D eigenvalue weighted by atomic mass is 10.2. The molecule has 0 bridgehead atoms. The largest absolute Gasteiger partial charge is 0.348 e.